The lowest BCUT2D eigenvalue weighted by molar-refractivity contribution is -0.117. The number of aromatic nitrogens is 3. The lowest BCUT2D eigenvalue weighted by Crippen LogP contribution is -2.44. The molecule has 1 amide bonds. The van der Waals surface area contributed by atoms with Gasteiger partial charge in [-0.25, -0.2) is 4.98 Å². The number of primary amides is 1. The summed E-state index contributed by atoms with van der Waals surface area (Å²) in [6.45, 7) is 6.72. The Morgan fingerprint density at radius 2 is 2.00 bits per heavy atom. The summed E-state index contributed by atoms with van der Waals surface area (Å²) >= 11 is 7.91. The van der Waals surface area contributed by atoms with Gasteiger partial charge >= 0.3 is 0 Å². The molecule has 4 aromatic rings. The number of thiophene rings is 1. The predicted octanol–water partition coefficient (Wildman–Crippen LogP) is 3.52. The molecule has 3 aromatic heterocycles. The van der Waals surface area contributed by atoms with Gasteiger partial charge < -0.3 is 20.5 Å². The van der Waals surface area contributed by atoms with Crippen molar-refractivity contribution >= 4 is 34.5 Å². The monoisotopic (exact) mass is 554 g/mol. The van der Waals surface area contributed by atoms with Gasteiger partial charge in [0, 0.05) is 55.6 Å². The zero-order chi connectivity index (χ0) is 26.8. The Bertz CT molecular complexity index is 1450. The van der Waals surface area contributed by atoms with Crippen LogP contribution >= 0.6 is 22.9 Å². The zero-order valence-corrected chi connectivity index (χ0v) is 23.0. The summed E-state index contributed by atoms with van der Waals surface area (Å²) in [7, 11) is 2.15. The van der Waals surface area contributed by atoms with E-state index in [1.165, 1.54) is 11.3 Å². The Balaban J connectivity index is 1.43. The van der Waals surface area contributed by atoms with E-state index in [1.807, 2.05) is 41.9 Å². The first-order chi connectivity index (χ1) is 18.3. The molecule has 0 bridgehead atoms. The largest absolute Gasteiger partial charge is 0.485 e. The molecule has 4 heterocycles. The Morgan fingerprint density at radius 1 is 1.21 bits per heavy atom. The lowest BCUT2D eigenvalue weighted by atomic mass is 10.1. The first kappa shape index (κ1) is 26.6. The summed E-state index contributed by atoms with van der Waals surface area (Å²) < 4.78 is 8.35. The number of aliphatic hydroxyl groups excluding tert-OH is 1. The minimum absolute atomic E-state index is 0.0663. The van der Waals surface area contributed by atoms with Crippen molar-refractivity contribution in [3.8, 4) is 16.3 Å². The number of carbonyl (C=O) groups is 1. The minimum atomic E-state index is -0.432. The number of rotatable bonds is 9. The van der Waals surface area contributed by atoms with E-state index in [4.69, 9.17) is 22.1 Å². The fourth-order valence-electron chi connectivity index (χ4n) is 4.60. The number of amides is 1. The van der Waals surface area contributed by atoms with Crippen LogP contribution in [-0.2, 0) is 24.4 Å². The standard InChI is InChI=1S/C27H31ClN6O3S/c1-17(20-4-3-18(16-35)9-21(20)28)37-23-10-24(38-25(23)11-26(29)36)22-12-31-27-13-30-19(15-34(22)27)14-33-7-5-32(2)6-8-33/h3-4,9-10,12-13,15,17,35H,5-8,11,14,16H2,1-2H3,(H2,29,36)/t17-/m1/s1. The first-order valence-corrected chi connectivity index (χ1v) is 13.7. The number of piperazine rings is 1. The number of imidazole rings is 1. The second kappa shape index (κ2) is 11.4. The number of nitrogens with two attached hydrogens (primary N) is 1. The van der Waals surface area contributed by atoms with Crippen molar-refractivity contribution in [3.05, 3.63) is 69.6 Å². The summed E-state index contributed by atoms with van der Waals surface area (Å²) in [6.07, 6.45) is 5.33. The van der Waals surface area contributed by atoms with E-state index in [9.17, 15) is 9.90 Å². The van der Waals surface area contributed by atoms with Gasteiger partial charge in [-0.1, -0.05) is 23.7 Å². The van der Waals surface area contributed by atoms with Gasteiger partial charge in [0.05, 0.1) is 46.6 Å². The Hall–Kier alpha value is -3.02. The number of fused-ring (bicyclic) bond motifs is 1. The van der Waals surface area contributed by atoms with E-state index < -0.39 is 5.91 Å². The average molecular weight is 555 g/mol. The van der Waals surface area contributed by atoms with Crippen LogP contribution in [0.2, 0.25) is 5.02 Å². The molecule has 1 aromatic carbocycles. The Morgan fingerprint density at radius 3 is 2.71 bits per heavy atom. The lowest BCUT2D eigenvalue weighted by Gasteiger charge is -2.32. The van der Waals surface area contributed by atoms with Crippen LogP contribution in [0.15, 0.2) is 42.9 Å². The number of ether oxygens (including phenoxy) is 1. The molecule has 1 fully saturated rings. The third-order valence-electron chi connectivity index (χ3n) is 6.78. The van der Waals surface area contributed by atoms with Crippen molar-refractivity contribution < 1.29 is 14.6 Å². The smallest absolute Gasteiger partial charge is 0.222 e. The molecule has 9 nitrogen and oxygen atoms in total. The average Bonchev–Trinajstić information content (AvgIpc) is 3.48. The second-order valence-corrected chi connectivity index (χ2v) is 11.2. The highest BCUT2D eigenvalue weighted by Crippen LogP contribution is 2.39. The van der Waals surface area contributed by atoms with Gasteiger partial charge in [-0.15, -0.1) is 11.3 Å². The third-order valence-corrected chi connectivity index (χ3v) is 8.24. The van der Waals surface area contributed by atoms with Crippen LogP contribution in [0.3, 0.4) is 0 Å². The number of hydrogen-bond donors (Lipinski definition) is 2. The van der Waals surface area contributed by atoms with Gasteiger partial charge in [0.25, 0.3) is 0 Å². The number of halogens is 1. The summed E-state index contributed by atoms with van der Waals surface area (Å²) in [4.78, 5) is 27.4. The Labute approximate surface area is 230 Å². The van der Waals surface area contributed by atoms with Crippen molar-refractivity contribution in [2.75, 3.05) is 33.2 Å². The molecule has 0 aliphatic carbocycles. The number of nitrogens with zero attached hydrogens (tertiary/aromatic N) is 5. The summed E-state index contributed by atoms with van der Waals surface area (Å²) in [6, 6.07) is 7.32. The molecule has 5 rings (SSSR count). The van der Waals surface area contributed by atoms with Crippen LogP contribution in [0.5, 0.6) is 5.75 Å². The topological polar surface area (TPSA) is 109 Å². The molecule has 38 heavy (non-hydrogen) atoms. The Kier molecular flexibility index (Phi) is 7.96. The molecule has 0 saturated carbocycles. The molecular formula is C27H31ClN6O3S. The van der Waals surface area contributed by atoms with Crippen LogP contribution in [-0.4, -0.2) is 68.4 Å². The molecular weight excluding hydrogens is 524 g/mol. The predicted molar refractivity (Wildman–Crippen MR) is 148 cm³/mol. The van der Waals surface area contributed by atoms with Gasteiger partial charge in [-0.05, 0) is 25.6 Å². The second-order valence-electron chi connectivity index (χ2n) is 9.64. The van der Waals surface area contributed by atoms with E-state index in [0.717, 1.165) is 70.6 Å². The van der Waals surface area contributed by atoms with Crippen LogP contribution in [0.1, 0.15) is 34.7 Å². The van der Waals surface area contributed by atoms with Crippen LogP contribution in [0, 0.1) is 0 Å². The molecule has 1 atom stereocenters. The maximum Gasteiger partial charge on any atom is 0.222 e. The van der Waals surface area contributed by atoms with Gasteiger partial charge in [0.2, 0.25) is 5.91 Å². The number of likely N-dealkylation sites (N-methyl/N-ethyl adjacent to an activating group) is 1. The summed E-state index contributed by atoms with van der Waals surface area (Å²) in [5.41, 5.74) is 9.69. The minimum Gasteiger partial charge on any atom is -0.485 e. The molecule has 0 spiro atoms. The van der Waals surface area contributed by atoms with Crippen molar-refractivity contribution in [3.63, 3.8) is 0 Å². The van der Waals surface area contributed by atoms with Crippen molar-refractivity contribution in [2.24, 2.45) is 5.73 Å². The van der Waals surface area contributed by atoms with E-state index >= 15 is 0 Å². The van der Waals surface area contributed by atoms with Gasteiger partial charge in [0.15, 0.2) is 5.65 Å². The highest BCUT2D eigenvalue weighted by Gasteiger charge is 2.21. The van der Waals surface area contributed by atoms with E-state index in [1.54, 1.807) is 12.3 Å². The SMILES string of the molecule is C[C@@H](Oc1cc(-c2cnc3cnc(CN4CCN(C)CC4)cn23)sc1CC(N)=O)c1ccc(CO)cc1Cl. The molecule has 11 heteroatoms. The fourth-order valence-corrected chi connectivity index (χ4v) is 6.07. The van der Waals surface area contributed by atoms with E-state index in [0.29, 0.717) is 10.8 Å². The van der Waals surface area contributed by atoms with Crippen molar-refractivity contribution in [1.29, 1.82) is 0 Å². The zero-order valence-electron chi connectivity index (χ0n) is 21.4. The highest BCUT2D eigenvalue weighted by molar-refractivity contribution is 7.15. The van der Waals surface area contributed by atoms with Crippen molar-refractivity contribution in [2.45, 2.75) is 32.6 Å². The quantitative estimate of drug-likeness (QED) is 0.326. The molecule has 0 radical (unpaired) electrons. The van der Waals surface area contributed by atoms with Crippen molar-refractivity contribution in [1.82, 2.24) is 24.2 Å². The van der Waals surface area contributed by atoms with E-state index in [-0.39, 0.29) is 19.1 Å². The first-order valence-electron chi connectivity index (χ1n) is 12.5. The number of hydrogen-bond acceptors (Lipinski definition) is 8. The highest BCUT2D eigenvalue weighted by atomic mass is 35.5. The van der Waals surface area contributed by atoms with E-state index in [2.05, 4.69) is 26.8 Å². The van der Waals surface area contributed by atoms with Crippen LogP contribution in [0.4, 0.5) is 0 Å². The molecule has 200 valence electrons. The maximum absolute atomic E-state index is 11.9. The van der Waals surface area contributed by atoms with Gasteiger partial charge in [0.1, 0.15) is 11.9 Å². The van der Waals surface area contributed by atoms with Crippen LogP contribution in [0.25, 0.3) is 16.2 Å². The molecule has 0 unspecified atom stereocenters. The summed E-state index contributed by atoms with van der Waals surface area (Å²) in [5, 5.41) is 9.89. The maximum atomic E-state index is 11.9. The molecule has 1 aliphatic rings. The number of aliphatic hydroxyl groups is 1. The molecule has 3 N–H and O–H groups in total. The summed E-state index contributed by atoms with van der Waals surface area (Å²) in [5.74, 6) is 0.151. The van der Waals surface area contributed by atoms with Crippen LogP contribution < -0.4 is 10.5 Å². The van der Waals surface area contributed by atoms with Gasteiger partial charge in [-0.2, -0.15) is 0 Å². The number of benzene rings is 1. The fraction of sp³-hybridized carbons (Fsp3) is 0.370. The molecule has 1 aliphatic heterocycles. The van der Waals surface area contributed by atoms with Gasteiger partial charge in [-0.3, -0.25) is 19.1 Å². The molecule has 1 saturated heterocycles. The third kappa shape index (κ3) is 5.84. The normalized spacial score (nSPS) is 15.7. The number of carbonyl (C=O) groups excluding carboxylic acids is 1.